The third kappa shape index (κ3) is 5.68. The summed E-state index contributed by atoms with van der Waals surface area (Å²) in [5, 5.41) is 4.00. The van der Waals surface area contributed by atoms with Crippen molar-refractivity contribution in [1.29, 1.82) is 0 Å². The molecule has 0 spiro atoms. The number of amides is 1. The molecule has 0 saturated heterocycles. The van der Waals surface area contributed by atoms with Gasteiger partial charge in [0.05, 0.1) is 32.6 Å². The first-order valence-corrected chi connectivity index (χ1v) is 10.8. The molecule has 0 N–H and O–H groups in total. The maximum Gasteiger partial charge on any atom is 0.416 e. The van der Waals surface area contributed by atoms with Crippen molar-refractivity contribution in [2.75, 3.05) is 20.8 Å². The van der Waals surface area contributed by atoms with Gasteiger partial charge in [0.15, 0.2) is 11.5 Å². The van der Waals surface area contributed by atoms with Gasteiger partial charge >= 0.3 is 6.18 Å². The summed E-state index contributed by atoms with van der Waals surface area (Å²) in [5.74, 6) is 1.74. The summed E-state index contributed by atoms with van der Waals surface area (Å²) < 4.78 is 59.9. The summed E-state index contributed by atoms with van der Waals surface area (Å²) in [6, 6.07) is 12.6. The lowest BCUT2D eigenvalue weighted by Gasteiger charge is -2.21. The molecule has 0 aliphatic heterocycles. The third-order valence-electron chi connectivity index (χ3n) is 5.38. The number of furan rings is 1. The van der Waals surface area contributed by atoms with E-state index in [2.05, 4.69) is 10.1 Å². The summed E-state index contributed by atoms with van der Waals surface area (Å²) in [6.45, 7) is 0.275. The predicted molar refractivity (Wildman–Crippen MR) is 121 cm³/mol. The van der Waals surface area contributed by atoms with E-state index >= 15 is 0 Å². The van der Waals surface area contributed by atoms with E-state index in [4.69, 9.17) is 18.4 Å². The largest absolute Gasteiger partial charge is 0.493 e. The molecule has 36 heavy (non-hydrogen) atoms. The molecular formula is C25H22F3N3O5. The molecule has 2 aromatic heterocycles. The van der Waals surface area contributed by atoms with Crippen LogP contribution in [0.3, 0.4) is 0 Å². The second-order valence-corrected chi connectivity index (χ2v) is 7.71. The monoisotopic (exact) mass is 501 g/mol. The van der Waals surface area contributed by atoms with Crippen LogP contribution in [0.5, 0.6) is 11.5 Å². The van der Waals surface area contributed by atoms with Gasteiger partial charge in [-0.15, -0.1) is 0 Å². The molecule has 4 rings (SSSR count). The van der Waals surface area contributed by atoms with Gasteiger partial charge in [0.1, 0.15) is 5.76 Å². The highest BCUT2D eigenvalue weighted by Gasteiger charge is 2.30. The van der Waals surface area contributed by atoms with Gasteiger partial charge in [-0.25, -0.2) is 0 Å². The molecule has 0 aliphatic carbocycles. The number of carbonyl (C=O) groups excluding carboxylic acids is 1. The van der Waals surface area contributed by atoms with Crippen LogP contribution < -0.4 is 9.47 Å². The molecule has 8 nitrogen and oxygen atoms in total. The molecule has 0 bridgehead atoms. The SMILES string of the molecule is COc1ccc(-c2noc(CCN(Cc3ccco3)C(=O)c3ccc(C(F)(F)F)cc3)n2)cc1OC. The summed E-state index contributed by atoms with van der Waals surface area (Å²) >= 11 is 0. The Bertz CT molecular complexity index is 1300. The van der Waals surface area contributed by atoms with Gasteiger partial charge < -0.3 is 23.3 Å². The normalized spacial score (nSPS) is 11.4. The summed E-state index contributed by atoms with van der Waals surface area (Å²) in [6.07, 6.45) is -2.80. The van der Waals surface area contributed by atoms with Gasteiger partial charge in [0.2, 0.25) is 11.7 Å². The number of hydrogen-bond acceptors (Lipinski definition) is 7. The number of nitrogens with zero attached hydrogens (tertiary/aromatic N) is 3. The number of rotatable bonds is 9. The minimum atomic E-state index is -4.49. The van der Waals surface area contributed by atoms with Crippen LogP contribution in [0.25, 0.3) is 11.4 Å². The van der Waals surface area contributed by atoms with Crippen LogP contribution in [0.4, 0.5) is 13.2 Å². The molecule has 1 amide bonds. The van der Waals surface area contributed by atoms with E-state index in [1.54, 1.807) is 30.3 Å². The van der Waals surface area contributed by atoms with Crippen molar-refractivity contribution in [3.8, 4) is 22.9 Å². The number of hydrogen-bond donors (Lipinski definition) is 0. The summed E-state index contributed by atoms with van der Waals surface area (Å²) in [7, 11) is 3.05. The smallest absolute Gasteiger partial charge is 0.416 e. The van der Waals surface area contributed by atoms with Gasteiger partial charge in [-0.05, 0) is 54.6 Å². The van der Waals surface area contributed by atoms with Crippen molar-refractivity contribution in [3.05, 3.63) is 83.6 Å². The van der Waals surface area contributed by atoms with E-state index in [1.807, 2.05) is 0 Å². The van der Waals surface area contributed by atoms with Gasteiger partial charge in [-0.2, -0.15) is 18.2 Å². The maximum absolute atomic E-state index is 13.1. The standard InChI is InChI=1S/C25H22F3N3O5/c1-33-20-10-7-17(14-21(20)34-2)23-29-22(36-30-23)11-12-31(15-19-4-3-13-35-19)24(32)16-5-8-18(9-6-16)25(26,27)28/h3-10,13-14H,11-12,15H2,1-2H3. The van der Waals surface area contributed by atoms with Crippen molar-refractivity contribution < 1.29 is 36.4 Å². The highest BCUT2D eigenvalue weighted by molar-refractivity contribution is 5.94. The van der Waals surface area contributed by atoms with Gasteiger partial charge in [0.25, 0.3) is 5.91 Å². The Morgan fingerprint density at radius 1 is 1.03 bits per heavy atom. The van der Waals surface area contributed by atoms with Gasteiger partial charge in [-0.3, -0.25) is 4.79 Å². The molecule has 11 heteroatoms. The average Bonchev–Trinajstić information content (AvgIpc) is 3.57. The first kappa shape index (κ1) is 24.8. The quantitative estimate of drug-likeness (QED) is 0.309. The number of benzene rings is 2. The fraction of sp³-hybridized carbons (Fsp3) is 0.240. The minimum Gasteiger partial charge on any atom is -0.493 e. The third-order valence-corrected chi connectivity index (χ3v) is 5.38. The molecule has 0 radical (unpaired) electrons. The number of methoxy groups -OCH3 is 2. The molecule has 188 valence electrons. The zero-order chi connectivity index (χ0) is 25.7. The number of alkyl halides is 3. The summed E-state index contributed by atoms with van der Waals surface area (Å²) in [4.78, 5) is 19.0. The van der Waals surface area contributed by atoms with Crippen LogP contribution in [0.2, 0.25) is 0 Å². The highest BCUT2D eigenvalue weighted by Crippen LogP contribution is 2.31. The minimum absolute atomic E-state index is 0.115. The molecule has 4 aromatic rings. The first-order chi connectivity index (χ1) is 17.3. The number of halogens is 3. The Balaban J connectivity index is 1.50. The molecule has 2 aromatic carbocycles. The molecule has 2 heterocycles. The molecule has 0 aliphatic rings. The predicted octanol–water partition coefficient (Wildman–Crippen LogP) is 5.25. The molecule has 0 atom stereocenters. The van der Waals surface area contributed by atoms with Crippen LogP contribution in [0.15, 0.2) is 69.8 Å². The first-order valence-electron chi connectivity index (χ1n) is 10.8. The zero-order valence-electron chi connectivity index (χ0n) is 19.4. The Kier molecular flexibility index (Phi) is 7.28. The Labute approximate surface area is 204 Å². The number of aromatic nitrogens is 2. The van der Waals surface area contributed by atoms with E-state index in [-0.39, 0.29) is 31.0 Å². The van der Waals surface area contributed by atoms with Crippen molar-refractivity contribution >= 4 is 5.91 Å². The van der Waals surface area contributed by atoms with Gasteiger partial charge in [0, 0.05) is 24.1 Å². The second-order valence-electron chi connectivity index (χ2n) is 7.71. The van der Waals surface area contributed by atoms with Crippen LogP contribution in [0, 0.1) is 0 Å². The molecule has 0 fully saturated rings. The average molecular weight is 501 g/mol. The fourth-order valence-electron chi connectivity index (χ4n) is 3.51. The highest BCUT2D eigenvalue weighted by atomic mass is 19.4. The lowest BCUT2D eigenvalue weighted by molar-refractivity contribution is -0.137. The van der Waals surface area contributed by atoms with E-state index in [0.29, 0.717) is 28.6 Å². The number of ether oxygens (including phenoxy) is 2. The zero-order valence-corrected chi connectivity index (χ0v) is 19.4. The van der Waals surface area contributed by atoms with Crippen molar-refractivity contribution in [2.24, 2.45) is 0 Å². The molecular weight excluding hydrogens is 479 g/mol. The van der Waals surface area contributed by atoms with Crippen molar-refractivity contribution in [1.82, 2.24) is 15.0 Å². The topological polar surface area (TPSA) is 90.8 Å². The lowest BCUT2D eigenvalue weighted by Crippen LogP contribution is -2.32. The van der Waals surface area contributed by atoms with E-state index in [9.17, 15) is 18.0 Å². The molecule has 0 unspecified atom stereocenters. The van der Waals surface area contributed by atoms with Crippen molar-refractivity contribution in [2.45, 2.75) is 19.1 Å². The Morgan fingerprint density at radius 2 is 1.78 bits per heavy atom. The lowest BCUT2D eigenvalue weighted by atomic mass is 10.1. The number of carbonyl (C=O) groups is 1. The second kappa shape index (κ2) is 10.5. The van der Waals surface area contributed by atoms with E-state index in [0.717, 1.165) is 24.3 Å². The van der Waals surface area contributed by atoms with Crippen molar-refractivity contribution in [3.63, 3.8) is 0 Å². The van der Waals surface area contributed by atoms with E-state index < -0.39 is 17.6 Å². The Morgan fingerprint density at radius 3 is 2.42 bits per heavy atom. The van der Waals surface area contributed by atoms with Gasteiger partial charge in [-0.1, -0.05) is 5.16 Å². The van der Waals surface area contributed by atoms with E-state index in [1.165, 1.54) is 25.4 Å². The van der Waals surface area contributed by atoms with Crippen LogP contribution in [-0.2, 0) is 19.1 Å². The fourth-order valence-corrected chi connectivity index (χ4v) is 3.51. The van der Waals surface area contributed by atoms with Crippen LogP contribution >= 0.6 is 0 Å². The van der Waals surface area contributed by atoms with Crippen LogP contribution in [-0.4, -0.2) is 41.7 Å². The van der Waals surface area contributed by atoms with Crippen LogP contribution in [0.1, 0.15) is 27.6 Å². The molecule has 0 saturated carbocycles. The maximum atomic E-state index is 13.1. The Hall–Kier alpha value is -4.28. The summed E-state index contributed by atoms with van der Waals surface area (Å²) in [5.41, 5.74) is -0.0628.